The summed E-state index contributed by atoms with van der Waals surface area (Å²) in [7, 11) is -1.96. The molecule has 0 atom stereocenters. The second-order valence-electron chi connectivity index (χ2n) is 4.65. The van der Waals surface area contributed by atoms with E-state index in [4.69, 9.17) is 4.43 Å². The highest BCUT2D eigenvalue weighted by Gasteiger charge is 2.24. The molecule has 1 rings (SSSR count). The molecule has 0 heterocycles. The number of benzene rings is 1. The minimum Gasteiger partial charge on any atom is -0.418 e. The van der Waals surface area contributed by atoms with E-state index in [9.17, 15) is 17.6 Å². The molecule has 18 heavy (non-hydrogen) atoms. The molecule has 102 valence electrons. The third kappa shape index (κ3) is 3.55. The maximum Gasteiger partial charge on any atom is 0.197 e. The van der Waals surface area contributed by atoms with Crippen LogP contribution in [-0.4, -0.2) is 14.9 Å². The predicted molar refractivity (Wildman–Crippen MR) is 63.9 cm³/mol. The van der Waals surface area contributed by atoms with Crippen molar-refractivity contribution in [2.24, 2.45) is 0 Å². The minimum absolute atomic E-state index is 0.138. The predicted octanol–water partition coefficient (Wildman–Crippen LogP) is 4.03. The number of rotatable bonds is 5. The van der Waals surface area contributed by atoms with Crippen LogP contribution in [0.5, 0.6) is 0 Å². The molecule has 0 saturated carbocycles. The number of hydrogen-bond acceptors (Lipinski definition) is 1. The molecule has 0 aromatic heterocycles. The largest absolute Gasteiger partial charge is 0.418 e. The standard InChI is InChI=1S/C12H16F4OSi/c1-4-17-18(2,3)6-5-8-7-9(13)11(15)12(16)10(8)14/h7H,4-6H2,1-3H3. The van der Waals surface area contributed by atoms with Crippen molar-refractivity contribution < 1.29 is 22.0 Å². The Morgan fingerprint density at radius 2 is 1.67 bits per heavy atom. The summed E-state index contributed by atoms with van der Waals surface area (Å²) in [5.41, 5.74) is -0.147. The van der Waals surface area contributed by atoms with E-state index in [1.54, 1.807) is 0 Å². The summed E-state index contributed by atoms with van der Waals surface area (Å²) in [5, 5.41) is 0. The lowest BCUT2D eigenvalue weighted by Gasteiger charge is -2.21. The van der Waals surface area contributed by atoms with Crippen LogP contribution in [0.25, 0.3) is 0 Å². The lowest BCUT2D eigenvalue weighted by Crippen LogP contribution is -2.30. The Labute approximate surface area is 105 Å². The first-order chi connectivity index (χ1) is 8.28. The highest BCUT2D eigenvalue weighted by molar-refractivity contribution is 6.71. The zero-order chi connectivity index (χ0) is 13.9. The van der Waals surface area contributed by atoms with Crippen LogP contribution < -0.4 is 0 Å². The highest BCUT2D eigenvalue weighted by atomic mass is 28.4. The zero-order valence-electron chi connectivity index (χ0n) is 10.6. The summed E-state index contributed by atoms with van der Waals surface area (Å²) in [6.45, 7) is 6.27. The summed E-state index contributed by atoms with van der Waals surface area (Å²) >= 11 is 0. The SMILES string of the molecule is CCO[Si](C)(C)CCc1cc(F)c(F)c(F)c1F. The second kappa shape index (κ2) is 5.84. The average Bonchev–Trinajstić information content (AvgIpc) is 2.29. The monoisotopic (exact) mass is 280 g/mol. The van der Waals surface area contributed by atoms with Crippen LogP contribution in [0.4, 0.5) is 17.6 Å². The summed E-state index contributed by atoms with van der Waals surface area (Å²) in [4.78, 5) is 0. The maximum absolute atomic E-state index is 13.4. The van der Waals surface area contributed by atoms with E-state index in [1.807, 2.05) is 20.0 Å². The average molecular weight is 280 g/mol. The van der Waals surface area contributed by atoms with Crippen LogP contribution in [0.3, 0.4) is 0 Å². The van der Waals surface area contributed by atoms with Crippen LogP contribution in [-0.2, 0) is 10.8 Å². The molecular formula is C12H16F4OSi. The lowest BCUT2D eigenvalue weighted by atomic mass is 10.1. The van der Waals surface area contributed by atoms with Gasteiger partial charge in [0.1, 0.15) is 0 Å². The summed E-state index contributed by atoms with van der Waals surface area (Å²) in [5.74, 6) is -6.19. The molecule has 0 unspecified atom stereocenters. The first kappa shape index (κ1) is 15.2. The molecule has 0 saturated heterocycles. The van der Waals surface area contributed by atoms with Gasteiger partial charge in [0.05, 0.1) is 0 Å². The van der Waals surface area contributed by atoms with Crippen molar-refractivity contribution in [1.82, 2.24) is 0 Å². The lowest BCUT2D eigenvalue weighted by molar-refractivity contribution is 0.328. The molecule has 0 aliphatic heterocycles. The third-order valence-electron chi connectivity index (χ3n) is 2.71. The molecule has 1 nitrogen and oxygen atoms in total. The van der Waals surface area contributed by atoms with Crippen molar-refractivity contribution in [3.05, 3.63) is 34.9 Å². The first-order valence-corrected chi connectivity index (χ1v) is 8.86. The normalized spacial score (nSPS) is 11.9. The van der Waals surface area contributed by atoms with E-state index >= 15 is 0 Å². The molecule has 0 amide bonds. The van der Waals surface area contributed by atoms with Gasteiger partial charge < -0.3 is 4.43 Å². The fourth-order valence-electron chi connectivity index (χ4n) is 1.70. The number of hydrogen-bond donors (Lipinski definition) is 0. The van der Waals surface area contributed by atoms with Crippen molar-refractivity contribution in [3.63, 3.8) is 0 Å². The van der Waals surface area contributed by atoms with Crippen LogP contribution in [0.2, 0.25) is 19.1 Å². The van der Waals surface area contributed by atoms with Gasteiger partial charge in [-0.05, 0) is 44.1 Å². The summed E-state index contributed by atoms with van der Waals surface area (Å²) in [6.07, 6.45) is 0.138. The summed E-state index contributed by atoms with van der Waals surface area (Å²) in [6, 6.07) is 1.23. The van der Waals surface area contributed by atoms with E-state index in [1.165, 1.54) is 0 Å². The van der Waals surface area contributed by atoms with Gasteiger partial charge in [-0.1, -0.05) is 0 Å². The van der Waals surface area contributed by atoms with Gasteiger partial charge in [0.15, 0.2) is 31.6 Å². The van der Waals surface area contributed by atoms with Crippen LogP contribution in [0.15, 0.2) is 6.07 Å². The van der Waals surface area contributed by atoms with E-state index in [0.717, 1.165) is 0 Å². The fourth-order valence-corrected chi connectivity index (χ4v) is 3.50. The van der Waals surface area contributed by atoms with Gasteiger partial charge in [-0.2, -0.15) is 0 Å². The second-order valence-corrected chi connectivity index (χ2v) is 8.96. The van der Waals surface area contributed by atoms with Gasteiger partial charge in [0.25, 0.3) is 0 Å². The van der Waals surface area contributed by atoms with Crippen molar-refractivity contribution in [2.45, 2.75) is 32.5 Å². The molecule has 1 aromatic carbocycles. The smallest absolute Gasteiger partial charge is 0.197 e. The van der Waals surface area contributed by atoms with Gasteiger partial charge in [0.2, 0.25) is 0 Å². The first-order valence-electron chi connectivity index (χ1n) is 5.74. The van der Waals surface area contributed by atoms with E-state index in [0.29, 0.717) is 18.7 Å². The van der Waals surface area contributed by atoms with Gasteiger partial charge in [-0.15, -0.1) is 0 Å². The Morgan fingerprint density at radius 3 is 2.22 bits per heavy atom. The maximum atomic E-state index is 13.4. The molecule has 0 aliphatic carbocycles. The molecule has 0 aliphatic rings. The number of halogens is 4. The molecular weight excluding hydrogens is 264 g/mol. The Kier molecular flexibility index (Phi) is 4.92. The van der Waals surface area contributed by atoms with Crippen molar-refractivity contribution in [1.29, 1.82) is 0 Å². The number of aryl methyl sites for hydroxylation is 1. The van der Waals surface area contributed by atoms with Crippen LogP contribution in [0.1, 0.15) is 12.5 Å². The summed E-state index contributed by atoms with van der Waals surface area (Å²) < 4.78 is 57.7. The highest BCUT2D eigenvalue weighted by Crippen LogP contribution is 2.22. The topological polar surface area (TPSA) is 9.23 Å². The van der Waals surface area contributed by atoms with Gasteiger partial charge in [-0.3, -0.25) is 0 Å². The van der Waals surface area contributed by atoms with Crippen molar-refractivity contribution in [2.75, 3.05) is 6.61 Å². The molecule has 6 heteroatoms. The quantitative estimate of drug-likeness (QED) is 0.342. The molecule has 0 fully saturated rings. The van der Waals surface area contributed by atoms with Crippen molar-refractivity contribution in [3.8, 4) is 0 Å². The van der Waals surface area contributed by atoms with Gasteiger partial charge in [-0.25, -0.2) is 17.6 Å². The van der Waals surface area contributed by atoms with Crippen LogP contribution >= 0.6 is 0 Å². The molecule has 0 bridgehead atoms. The van der Waals surface area contributed by atoms with Crippen molar-refractivity contribution >= 4 is 8.32 Å². The zero-order valence-corrected chi connectivity index (χ0v) is 11.6. The Balaban J connectivity index is 2.86. The Morgan fingerprint density at radius 1 is 1.06 bits per heavy atom. The minimum atomic E-state index is -1.96. The van der Waals surface area contributed by atoms with Gasteiger partial charge in [0, 0.05) is 6.61 Å². The fraction of sp³-hybridized carbons (Fsp3) is 0.500. The molecule has 0 N–H and O–H groups in total. The molecule has 0 radical (unpaired) electrons. The Hall–Kier alpha value is -0.883. The molecule has 1 aromatic rings. The van der Waals surface area contributed by atoms with Gasteiger partial charge >= 0.3 is 0 Å². The molecule has 0 spiro atoms. The Bertz CT molecular complexity index is 435. The van der Waals surface area contributed by atoms with Crippen LogP contribution in [0, 0.1) is 23.3 Å². The van der Waals surface area contributed by atoms with E-state index < -0.39 is 31.6 Å². The van der Waals surface area contributed by atoms with E-state index in [2.05, 4.69) is 0 Å². The van der Waals surface area contributed by atoms with E-state index in [-0.39, 0.29) is 12.0 Å². The third-order valence-corrected chi connectivity index (χ3v) is 5.23.